The van der Waals surface area contributed by atoms with Crippen LogP contribution in [0.25, 0.3) is 0 Å². The molecule has 2 atom stereocenters. The van der Waals surface area contributed by atoms with Crippen molar-refractivity contribution in [2.45, 2.75) is 29.9 Å². The molecule has 3 rings (SSSR count). The summed E-state index contributed by atoms with van der Waals surface area (Å²) in [6, 6.07) is 5.39. The number of ether oxygens (including phenoxy) is 1. The summed E-state index contributed by atoms with van der Waals surface area (Å²) in [7, 11) is 0. The van der Waals surface area contributed by atoms with Crippen molar-refractivity contribution in [1.82, 2.24) is 0 Å². The highest BCUT2D eigenvalue weighted by Gasteiger charge is 2.50. The largest absolute Gasteiger partial charge is 0.358 e. The third-order valence-corrected chi connectivity index (χ3v) is 5.17. The van der Waals surface area contributed by atoms with Gasteiger partial charge in [0, 0.05) is 12.0 Å². The molecule has 0 aliphatic carbocycles. The van der Waals surface area contributed by atoms with Crippen LogP contribution < -0.4 is 0 Å². The number of nitrogens with zero attached hydrogens (tertiary/aromatic N) is 1. The fourth-order valence-electron chi connectivity index (χ4n) is 2.40. The van der Waals surface area contributed by atoms with Gasteiger partial charge < -0.3 is 9.57 Å². The van der Waals surface area contributed by atoms with Crippen LogP contribution in [0.4, 0.5) is 0 Å². The zero-order chi connectivity index (χ0) is 13.5. The van der Waals surface area contributed by atoms with Gasteiger partial charge >= 0.3 is 0 Å². The quantitative estimate of drug-likeness (QED) is 0.692. The van der Waals surface area contributed by atoms with Crippen LogP contribution in [0.1, 0.15) is 24.8 Å². The summed E-state index contributed by atoms with van der Waals surface area (Å²) in [6.07, 6.45) is 2.91. The molecule has 2 aliphatic rings. The lowest BCUT2D eigenvalue weighted by molar-refractivity contribution is -0.236. The van der Waals surface area contributed by atoms with E-state index in [9.17, 15) is 0 Å². The predicted molar refractivity (Wildman–Crippen MR) is 79.3 cm³/mol. The van der Waals surface area contributed by atoms with Gasteiger partial charge in [-0.2, -0.15) is 0 Å². The first-order valence-corrected chi connectivity index (χ1v) is 7.80. The molecule has 0 bridgehead atoms. The molecule has 1 saturated heterocycles. The summed E-state index contributed by atoms with van der Waals surface area (Å²) in [6.45, 7) is 0.682. The molecule has 0 N–H and O–H groups in total. The molecule has 6 heteroatoms. The van der Waals surface area contributed by atoms with E-state index in [0.717, 1.165) is 19.3 Å². The normalized spacial score (nSPS) is 30.3. The highest BCUT2D eigenvalue weighted by Crippen LogP contribution is 2.42. The molecule has 2 heterocycles. The molecule has 0 saturated carbocycles. The zero-order valence-corrected chi connectivity index (χ0v) is 13.1. The molecule has 1 aromatic carbocycles. The van der Waals surface area contributed by atoms with E-state index >= 15 is 0 Å². The third kappa shape index (κ3) is 2.29. The van der Waals surface area contributed by atoms with Gasteiger partial charge in [-0.3, -0.25) is 0 Å². The molecule has 0 aromatic heterocycles. The van der Waals surface area contributed by atoms with Crippen LogP contribution in [0, 0.1) is 0 Å². The van der Waals surface area contributed by atoms with Gasteiger partial charge in [-0.05, 0) is 25.0 Å². The maximum absolute atomic E-state index is 6.22. The number of oxime groups is 1. The first kappa shape index (κ1) is 13.7. The minimum atomic E-state index is -0.712. The van der Waals surface area contributed by atoms with Crippen molar-refractivity contribution in [2.75, 3.05) is 6.61 Å². The highest BCUT2D eigenvalue weighted by atomic mass is 79.9. The van der Waals surface area contributed by atoms with E-state index in [1.54, 1.807) is 18.2 Å². The molecule has 0 amide bonds. The number of hydrogen-bond acceptors (Lipinski definition) is 3. The van der Waals surface area contributed by atoms with E-state index in [4.69, 9.17) is 32.8 Å². The van der Waals surface area contributed by atoms with Crippen LogP contribution >= 0.6 is 39.1 Å². The smallest absolute Gasteiger partial charge is 0.255 e. The van der Waals surface area contributed by atoms with Crippen LogP contribution in [0.3, 0.4) is 0 Å². The standard InChI is InChI=1S/C13H12BrCl2NO2/c14-12-11(10-8(15)4-3-5-9(10)16)17-19-13(12)6-1-2-7-18-13/h3-5,12H,1-2,6-7H2/t12-,13-/m0/s1. The fraction of sp³-hybridized carbons (Fsp3) is 0.462. The maximum atomic E-state index is 6.22. The molecule has 2 aliphatic heterocycles. The second kappa shape index (κ2) is 5.24. The van der Waals surface area contributed by atoms with Gasteiger partial charge in [-0.15, -0.1) is 0 Å². The van der Waals surface area contributed by atoms with E-state index < -0.39 is 5.79 Å². The van der Waals surface area contributed by atoms with Crippen molar-refractivity contribution in [3.63, 3.8) is 0 Å². The summed E-state index contributed by atoms with van der Waals surface area (Å²) in [5.41, 5.74) is 1.40. The first-order valence-electron chi connectivity index (χ1n) is 6.12. The van der Waals surface area contributed by atoms with Gasteiger partial charge in [0.15, 0.2) is 0 Å². The van der Waals surface area contributed by atoms with E-state index in [2.05, 4.69) is 21.1 Å². The van der Waals surface area contributed by atoms with Crippen LogP contribution in [0.5, 0.6) is 0 Å². The summed E-state index contributed by atoms with van der Waals surface area (Å²) in [5.74, 6) is -0.712. The Morgan fingerprint density at radius 3 is 2.63 bits per heavy atom. The Morgan fingerprint density at radius 1 is 1.26 bits per heavy atom. The third-order valence-electron chi connectivity index (χ3n) is 3.41. The Balaban J connectivity index is 1.95. The minimum absolute atomic E-state index is 0.169. The van der Waals surface area contributed by atoms with Crippen molar-refractivity contribution in [3.8, 4) is 0 Å². The average Bonchev–Trinajstić information content (AvgIpc) is 2.69. The maximum Gasteiger partial charge on any atom is 0.255 e. The van der Waals surface area contributed by atoms with E-state index in [-0.39, 0.29) is 4.83 Å². The van der Waals surface area contributed by atoms with Gasteiger partial charge in [-0.25, -0.2) is 0 Å². The van der Waals surface area contributed by atoms with Gasteiger partial charge in [0.25, 0.3) is 5.79 Å². The van der Waals surface area contributed by atoms with Crippen LogP contribution in [-0.2, 0) is 9.57 Å². The van der Waals surface area contributed by atoms with Gasteiger partial charge in [0.1, 0.15) is 10.5 Å². The van der Waals surface area contributed by atoms with Gasteiger partial charge in [-0.1, -0.05) is 50.4 Å². The van der Waals surface area contributed by atoms with Crippen molar-refractivity contribution in [1.29, 1.82) is 0 Å². The van der Waals surface area contributed by atoms with Crippen molar-refractivity contribution in [3.05, 3.63) is 33.8 Å². The highest BCUT2D eigenvalue weighted by molar-refractivity contribution is 9.10. The summed E-state index contributed by atoms with van der Waals surface area (Å²) < 4.78 is 5.80. The molecular formula is C13H12BrCl2NO2. The Bertz CT molecular complexity index is 509. The summed E-state index contributed by atoms with van der Waals surface area (Å²) in [5, 5.41) is 5.29. The number of halogens is 3. The molecule has 0 unspecified atom stereocenters. The predicted octanol–water partition coefficient (Wildman–Crippen LogP) is 4.39. The molecular weight excluding hydrogens is 353 g/mol. The minimum Gasteiger partial charge on any atom is -0.358 e. The number of rotatable bonds is 1. The SMILES string of the molecule is Clc1cccc(Cl)c1C1=NO[C@@]2(CCCCO2)[C@H]1Br. The van der Waals surface area contributed by atoms with Crippen LogP contribution in [-0.4, -0.2) is 22.9 Å². The lowest BCUT2D eigenvalue weighted by Gasteiger charge is -2.33. The molecule has 19 heavy (non-hydrogen) atoms. The zero-order valence-electron chi connectivity index (χ0n) is 10.0. The number of alkyl halides is 1. The topological polar surface area (TPSA) is 30.8 Å². The average molecular weight is 365 g/mol. The monoisotopic (exact) mass is 363 g/mol. The summed E-state index contributed by atoms with van der Waals surface area (Å²) >= 11 is 16.1. The Kier molecular flexibility index (Phi) is 3.78. The second-order valence-corrected chi connectivity index (χ2v) is 6.37. The van der Waals surface area contributed by atoms with Crippen LogP contribution in [0.15, 0.2) is 23.4 Å². The van der Waals surface area contributed by atoms with Crippen molar-refractivity contribution >= 4 is 44.8 Å². The number of benzene rings is 1. The molecule has 0 radical (unpaired) electrons. The molecule has 1 aromatic rings. The van der Waals surface area contributed by atoms with Crippen molar-refractivity contribution < 1.29 is 9.57 Å². The molecule has 1 fully saturated rings. The van der Waals surface area contributed by atoms with E-state index in [1.807, 2.05) is 0 Å². The van der Waals surface area contributed by atoms with E-state index in [1.165, 1.54) is 0 Å². The lowest BCUT2D eigenvalue weighted by Crippen LogP contribution is -2.45. The first-order chi connectivity index (χ1) is 9.14. The Labute approximate surface area is 130 Å². The second-order valence-electron chi connectivity index (χ2n) is 4.64. The van der Waals surface area contributed by atoms with Gasteiger partial charge in [0.05, 0.1) is 16.7 Å². The Hall–Kier alpha value is -0.290. The van der Waals surface area contributed by atoms with Crippen LogP contribution in [0.2, 0.25) is 10.0 Å². The number of hydrogen-bond donors (Lipinski definition) is 0. The van der Waals surface area contributed by atoms with E-state index in [0.29, 0.717) is 27.9 Å². The van der Waals surface area contributed by atoms with Crippen molar-refractivity contribution in [2.24, 2.45) is 5.16 Å². The van der Waals surface area contributed by atoms with Gasteiger partial charge in [0.2, 0.25) is 0 Å². The lowest BCUT2D eigenvalue weighted by atomic mass is 9.97. The molecule has 102 valence electrons. The Morgan fingerprint density at radius 2 is 2.00 bits per heavy atom. The fourth-order valence-corrected chi connectivity index (χ4v) is 3.75. The summed E-state index contributed by atoms with van der Waals surface area (Å²) in [4.78, 5) is 5.40. The molecule has 1 spiro atoms. The molecule has 3 nitrogen and oxygen atoms in total.